The Bertz CT molecular complexity index is 374. The van der Waals surface area contributed by atoms with Crippen LogP contribution in [0.15, 0.2) is 18.2 Å². The summed E-state index contributed by atoms with van der Waals surface area (Å²) in [5, 5.41) is 0. The zero-order valence-electron chi connectivity index (χ0n) is 7.91. The molecule has 0 unspecified atom stereocenters. The van der Waals surface area contributed by atoms with Crippen LogP contribution in [0.1, 0.15) is 16.7 Å². The van der Waals surface area contributed by atoms with Gasteiger partial charge in [-0.05, 0) is 25.0 Å². The zero-order valence-corrected chi connectivity index (χ0v) is 7.91. The molecule has 0 N–H and O–H groups in total. The molecule has 16 heavy (non-hydrogen) atoms. The molecule has 1 aromatic carbocycles. The normalized spacial score (nSPS) is 12.9. The molecule has 0 aliphatic heterocycles. The fraction of sp³-hybridized carbons (Fsp3) is 0.300. The molecule has 0 aromatic heterocycles. The van der Waals surface area contributed by atoms with Crippen LogP contribution in [0.2, 0.25) is 0 Å². The molecule has 0 heterocycles. The number of hydrogen-bond acceptors (Lipinski definition) is 0. The summed E-state index contributed by atoms with van der Waals surface area (Å²) < 4.78 is 74.6. The van der Waals surface area contributed by atoms with E-state index in [0.29, 0.717) is 6.07 Å². The first-order valence-electron chi connectivity index (χ1n) is 4.23. The van der Waals surface area contributed by atoms with Crippen LogP contribution in [0.25, 0.3) is 0 Å². The van der Waals surface area contributed by atoms with Crippen LogP contribution >= 0.6 is 0 Å². The van der Waals surface area contributed by atoms with Crippen LogP contribution in [0, 0.1) is 6.92 Å². The Morgan fingerprint density at radius 1 is 0.938 bits per heavy atom. The SMILES string of the molecule is [CH2]Cc1cccc(C(F)(F)F)c1C(F)(F)F. The lowest BCUT2D eigenvalue weighted by molar-refractivity contribution is -0.162. The Kier molecular flexibility index (Phi) is 3.21. The second-order valence-corrected chi connectivity index (χ2v) is 3.09. The molecule has 0 aliphatic carbocycles. The van der Waals surface area contributed by atoms with Crippen molar-refractivity contribution in [2.24, 2.45) is 0 Å². The standard InChI is InChI=1S/C10H7F6/c1-2-6-4-3-5-7(9(11,12)13)8(6)10(14,15)16/h3-5H,1-2H2. The van der Waals surface area contributed by atoms with Crippen molar-refractivity contribution in [3.05, 3.63) is 41.8 Å². The van der Waals surface area contributed by atoms with Crippen LogP contribution in [0.5, 0.6) is 0 Å². The van der Waals surface area contributed by atoms with E-state index in [-0.39, 0.29) is 6.42 Å². The molecule has 0 amide bonds. The van der Waals surface area contributed by atoms with Gasteiger partial charge in [0.1, 0.15) is 0 Å². The van der Waals surface area contributed by atoms with Gasteiger partial charge in [0.25, 0.3) is 0 Å². The average Bonchev–Trinajstić information content (AvgIpc) is 2.13. The minimum absolute atomic E-state index is 0.348. The largest absolute Gasteiger partial charge is 0.417 e. The summed E-state index contributed by atoms with van der Waals surface area (Å²) in [5.74, 6) is 0. The van der Waals surface area contributed by atoms with E-state index in [1.165, 1.54) is 0 Å². The van der Waals surface area contributed by atoms with Crippen LogP contribution in [0.3, 0.4) is 0 Å². The first kappa shape index (κ1) is 12.9. The molecule has 0 saturated carbocycles. The molecule has 6 heteroatoms. The molecule has 0 saturated heterocycles. The molecule has 0 atom stereocenters. The van der Waals surface area contributed by atoms with Gasteiger partial charge in [0.2, 0.25) is 0 Å². The van der Waals surface area contributed by atoms with Crippen LogP contribution in [-0.4, -0.2) is 0 Å². The number of halogens is 6. The summed E-state index contributed by atoms with van der Waals surface area (Å²) in [4.78, 5) is 0. The monoisotopic (exact) mass is 241 g/mol. The number of hydrogen-bond donors (Lipinski definition) is 0. The van der Waals surface area contributed by atoms with Gasteiger partial charge >= 0.3 is 12.4 Å². The topological polar surface area (TPSA) is 0 Å². The van der Waals surface area contributed by atoms with Crippen molar-refractivity contribution in [1.82, 2.24) is 0 Å². The highest BCUT2D eigenvalue weighted by Gasteiger charge is 2.44. The summed E-state index contributed by atoms with van der Waals surface area (Å²) in [5.41, 5.74) is -3.76. The Labute approximate surface area is 87.9 Å². The summed E-state index contributed by atoms with van der Waals surface area (Å²) in [6.07, 6.45) is -10.4. The van der Waals surface area contributed by atoms with Crippen molar-refractivity contribution in [3.63, 3.8) is 0 Å². The van der Waals surface area contributed by atoms with E-state index in [2.05, 4.69) is 6.92 Å². The van der Waals surface area contributed by atoms with Crippen molar-refractivity contribution in [1.29, 1.82) is 0 Å². The van der Waals surface area contributed by atoms with E-state index in [4.69, 9.17) is 0 Å². The highest BCUT2D eigenvalue weighted by Crippen LogP contribution is 2.41. The van der Waals surface area contributed by atoms with Crippen LogP contribution < -0.4 is 0 Å². The van der Waals surface area contributed by atoms with Crippen LogP contribution in [-0.2, 0) is 18.8 Å². The molecule has 0 bridgehead atoms. The van der Waals surface area contributed by atoms with Crippen molar-refractivity contribution in [3.8, 4) is 0 Å². The van der Waals surface area contributed by atoms with Crippen molar-refractivity contribution < 1.29 is 26.3 Å². The summed E-state index contributed by atoms with van der Waals surface area (Å²) in [6.45, 7) is 3.19. The minimum Gasteiger partial charge on any atom is -0.166 e. The van der Waals surface area contributed by atoms with Gasteiger partial charge in [0.05, 0.1) is 11.1 Å². The number of benzene rings is 1. The van der Waals surface area contributed by atoms with Gasteiger partial charge in [0.15, 0.2) is 0 Å². The van der Waals surface area contributed by atoms with Gasteiger partial charge in [-0.15, -0.1) is 0 Å². The number of alkyl halides is 6. The summed E-state index contributed by atoms with van der Waals surface area (Å²) in [6, 6.07) is 2.35. The van der Waals surface area contributed by atoms with Gasteiger partial charge in [-0.3, -0.25) is 0 Å². The third-order valence-electron chi connectivity index (χ3n) is 2.01. The Morgan fingerprint density at radius 2 is 1.50 bits per heavy atom. The minimum atomic E-state index is -5.03. The fourth-order valence-electron chi connectivity index (χ4n) is 1.38. The Morgan fingerprint density at radius 3 is 1.88 bits per heavy atom. The molecule has 1 aromatic rings. The lowest BCUT2D eigenvalue weighted by atomic mass is 9.98. The van der Waals surface area contributed by atoms with E-state index in [1.807, 2.05) is 0 Å². The van der Waals surface area contributed by atoms with E-state index in [9.17, 15) is 26.3 Å². The second-order valence-electron chi connectivity index (χ2n) is 3.09. The highest BCUT2D eigenvalue weighted by molar-refractivity contribution is 5.39. The first-order chi connectivity index (χ1) is 7.18. The van der Waals surface area contributed by atoms with E-state index in [0.717, 1.165) is 12.1 Å². The molecular formula is C10H7F6. The molecule has 0 nitrogen and oxygen atoms in total. The van der Waals surface area contributed by atoms with Gasteiger partial charge in [0, 0.05) is 0 Å². The maximum Gasteiger partial charge on any atom is 0.417 e. The summed E-state index contributed by atoms with van der Waals surface area (Å²) >= 11 is 0. The molecular weight excluding hydrogens is 234 g/mol. The third kappa shape index (κ3) is 2.48. The molecule has 1 rings (SSSR count). The lowest BCUT2D eigenvalue weighted by Gasteiger charge is -2.18. The molecule has 0 spiro atoms. The van der Waals surface area contributed by atoms with Gasteiger partial charge in [-0.25, -0.2) is 0 Å². The van der Waals surface area contributed by atoms with E-state index >= 15 is 0 Å². The molecule has 1 radical (unpaired) electrons. The Hall–Kier alpha value is -1.20. The fourth-order valence-corrected chi connectivity index (χ4v) is 1.38. The van der Waals surface area contributed by atoms with Gasteiger partial charge in [-0.1, -0.05) is 12.1 Å². The number of rotatable bonds is 1. The maximum absolute atomic E-state index is 12.5. The summed E-state index contributed by atoms with van der Waals surface area (Å²) in [7, 11) is 0. The quantitative estimate of drug-likeness (QED) is 0.649. The molecule has 0 fully saturated rings. The average molecular weight is 241 g/mol. The van der Waals surface area contributed by atoms with Crippen molar-refractivity contribution >= 4 is 0 Å². The predicted molar refractivity (Wildman–Crippen MR) is 45.5 cm³/mol. The van der Waals surface area contributed by atoms with E-state index < -0.39 is 29.0 Å². The maximum atomic E-state index is 12.5. The van der Waals surface area contributed by atoms with Crippen molar-refractivity contribution in [2.75, 3.05) is 0 Å². The third-order valence-corrected chi connectivity index (χ3v) is 2.01. The molecule has 89 valence electrons. The lowest BCUT2D eigenvalue weighted by Crippen LogP contribution is -2.18. The van der Waals surface area contributed by atoms with Crippen LogP contribution in [0.4, 0.5) is 26.3 Å². The van der Waals surface area contributed by atoms with Crippen molar-refractivity contribution in [2.45, 2.75) is 18.8 Å². The van der Waals surface area contributed by atoms with Gasteiger partial charge < -0.3 is 0 Å². The molecule has 0 aliphatic rings. The highest BCUT2D eigenvalue weighted by atomic mass is 19.4. The zero-order chi connectivity index (χ0) is 12.6. The predicted octanol–water partition coefficient (Wildman–Crippen LogP) is 4.10. The van der Waals surface area contributed by atoms with Gasteiger partial charge in [-0.2, -0.15) is 26.3 Å². The second kappa shape index (κ2) is 3.99. The van der Waals surface area contributed by atoms with E-state index in [1.54, 1.807) is 0 Å². The Balaban J connectivity index is 3.51. The smallest absolute Gasteiger partial charge is 0.166 e. The first-order valence-corrected chi connectivity index (χ1v) is 4.23.